The molecule has 0 aliphatic rings. The molecular formula is C10H11BrN4O2. The molecule has 0 radical (unpaired) electrons. The van der Waals surface area contributed by atoms with Crippen molar-refractivity contribution in [2.45, 2.75) is 6.54 Å². The van der Waals surface area contributed by atoms with Gasteiger partial charge >= 0.3 is 0 Å². The first-order valence-electron chi connectivity index (χ1n) is 4.91. The van der Waals surface area contributed by atoms with E-state index in [0.29, 0.717) is 23.9 Å². The van der Waals surface area contributed by atoms with Crippen LogP contribution in [0, 0.1) is 0 Å². The Bertz CT molecular complexity index is 515. The zero-order valence-corrected chi connectivity index (χ0v) is 10.5. The van der Waals surface area contributed by atoms with E-state index in [2.05, 4.69) is 26.0 Å². The van der Waals surface area contributed by atoms with Gasteiger partial charge in [-0.1, -0.05) is 0 Å². The van der Waals surface area contributed by atoms with Gasteiger partial charge in [0.2, 0.25) is 0 Å². The van der Waals surface area contributed by atoms with E-state index in [4.69, 9.17) is 15.6 Å². The van der Waals surface area contributed by atoms with Crippen LogP contribution in [0.3, 0.4) is 0 Å². The van der Waals surface area contributed by atoms with Crippen molar-refractivity contribution in [1.82, 2.24) is 14.8 Å². The van der Waals surface area contributed by atoms with Gasteiger partial charge in [-0.3, -0.25) is 4.68 Å². The molecule has 0 unspecified atom stereocenters. The SMILES string of the molecule is Nc1ncc(Br)cc1Oc1cnn(CCO)c1. The molecular weight excluding hydrogens is 288 g/mol. The highest BCUT2D eigenvalue weighted by Crippen LogP contribution is 2.28. The minimum Gasteiger partial charge on any atom is -0.450 e. The van der Waals surface area contributed by atoms with E-state index in [9.17, 15) is 0 Å². The quantitative estimate of drug-likeness (QED) is 0.891. The second-order valence-corrected chi connectivity index (χ2v) is 4.22. The molecule has 0 spiro atoms. The number of aliphatic hydroxyl groups excluding tert-OH is 1. The van der Waals surface area contributed by atoms with Gasteiger partial charge in [-0.2, -0.15) is 5.10 Å². The number of rotatable bonds is 4. The van der Waals surface area contributed by atoms with Crippen LogP contribution in [-0.2, 0) is 6.54 Å². The smallest absolute Gasteiger partial charge is 0.170 e. The predicted octanol–water partition coefficient (Wildman–Crippen LogP) is 1.41. The largest absolute Gasteiger partial charge is 0.450 e. The zero-order chi connectivity index (χ0) is 12.3. The van der Waals surface area contributed by atoms with Crippen LogP contribution < -0.4 is 10.5 Å². The fourth-order valence-corrected chi connectivity index (χ4v) is 1.57. The molecule has 0 atom stereocenters. The van der Waals surface area contributed by atoms with Crippen molar-refractivity contribution in [1.29, 1.82) is 0 Å². The van der Waals surface area contributed by atoms with Crippen molar-refractivity contribution in [2.24, 2.45) is 0 Å². The number of hydrogen-bond acceptors (Lipinski definition) is 5. The maximum absolute atomic E-state index is 8.76. The predicted molar refractivity (Wildman–Crippen MR) is 65.7 cm³/mol. The van der Waals surface area contributed by atoms with E-state index < -0.39 is 0 Å². The molecule has 0 amide bonds. The van der Waals surface area contributed by atoms with Gasteiger partial charge in [0, 0.05) is 16.7 Å². The number of aromatic nitrogens is 3. The molecule has 17 heavy (non-hydrogen) atoms. The number of hydrogen-bond donors (Lipinski definition) is 2. The number of halogens is 1. The Morgan fingerprint density at radius 2 is 2.29 bits per heavy atom. The summed E-state index contributed by atoms with van der Waals surface area (Å²) < 4.78 is 7.90. The summed E-state index contributed by atoms with van der Waals surface area (Å²) in [4.78, 5) is 3.96. The Balaban J connectivity index is 2.16. The van der Waals surface area contributed by atoms with E-state index in [0.717, 1.165) is 4.47 Å². The minimum absolute atomic E-state index is 0.0295. The van der Waals surface area contributed by atoms with Crippen molar-refractivity contribution in [2.75, 3.05) is 12.3 Å². The van der Waals surface area contributed by atoms with E-state index in [-0.39, 0.29) is 6.61 Å². The molecule has 0 aliphatic heterocycles. The average molecular weight is 299 g/mol. The number of anilines is 1. The Hall–Kier alpha value is -1.60. The molecule has 0 bridgehead atoms. The summed E-state index contributed by atoms with van der Waals surface area (Å²) >= 11 is 3.29. The molecule has 90 valence electrons. The summed E-state index contributed by atoms with van der Waals surface area (Å²) in [5.74, 6) is 1.32. The van der Waals surface area contributed by atoms with E-state index in [1.165, 1.54) is 0 Å². The van der Waals surface area contributed by atoms with Gasteiger partial charge in [-0.05, 0) is 15.9 Å². The standard InChI is InChI=1S/C10H11BrN4O2/c11-7-3-9(10(12)13-4-7)17-8-5-14-15(6-8)1-2-16/h3-6,16H,1-2H2,(H2,12,13). The Morgan fingerprint density at radius 1 is 1.47 bits per heavy atom. The summed E-state index contributed by atoms with van der Waals surface area (Å²) in [6, 6.07) is 1.73. The van der Waals surface area contributed by atoms with Gasteiger partial charge < -0.3 is 15.6 Å². The van der Waals surface area contributed by atoms with Crippen LogP contribution in [0.4, 0.5) is 5.82 Å². The highest BCUT2D eigenvalue weighted by molar-refractivity contribution is 9.10. The molecule has 2 heterocycles. The number of nitrogens with two attached hydrogens (primary N) is 1. The number of nitrogen functional groups attached to an aromatic ring is 1. The third-order valence-electron chi connectivity index (χ3n) is 2.01. The molecule has 0 aromatic carbocycles. The van der Waals surface area contributed by atoms with Gasteiger partial charge in [0.25, 0.3) is 0 Å². The Kier molecular flexibility index (Phi) is 3.60. The summed E-state index contributed by atoms with van der Waals surface area (Å²) in [6.45, 7) is 0.456. The molecule has 2 aromatic rings. The number of aliphatic hydroxyl groups is 1. The van der Waals surface area contributed by atoms with Gasteiger partial charge in [-0.25, -0.2) is 4.98 Å². The van der Waals surface area contributed by atoms with Crippen molar-refractivity contribution in [3.05, 3.63) is 29.1 Å². The highest BCUT2D eigenvalue weighted by Gasteiger charge is 2.06. The molecule has 0 aliphatic carbocycles. The third-order valence-corrected chi connectivity index (χ3v) is 2.45. The number of pyridine rings is 1. The molecule has 3 N–H and O–H groups in total. The van der Waals surface area contributed by atoms with E-state index >= 15 is 0 Å². The second kappa shape index (κ2) is 5.15. The van der Waals surface area contributed by atoms with Crippen LogP contribution in [0.1, 0.15) is 0 Å². The summed E-state index contributed by atoms with van der Waals surface area (Å²) in [5.41, 5.74) is 5.68. The molecule has 0 fully saturated rings. The minimum atomic E-state index is 0.0295. The summed E-state index contributed by atoms with van der Waals surface area (Å²) in [7, 11) is 0. The van der Waals surface area contributed by atoms with Gasteiger partial charge in [0.15, 0.2) is 17.3 Å². The summed E-state index contributed by atoms with van der Waals surface area (Å²) in [6.07, 6.45) is 4.82. The lowest BCUT2D eigenvalue weighted by Crippen LogP contribution is -2.01. The molecule has 2 rings (SSSR count). The third kappa shape index (κ3) is 2.95. The first-order chi connectivity index (χ1) is 8.19. The van der Waals surface area contributed by atoms with E-state index in [1.807, 2.05) is 0 Å². The number of ether oxygens (including phenoxy) is 1. The van der Waals surface area contributed by atoms with Gasteiger partial charge in [-0.15, -0.1) is 0 Å². The lowest BCUT2D eigenvalue weighted by Gasteiger charge is -2.05. The van der Waals surface area contributed by atoms with Crippen LogP contribution in [0.2, 0.25) is 0 Å². The monoisotopic (exact) mass is 298 g/mol. The van der Waals surface area contributed by atoms with Crippen LogP contribution in [0.5, 0.6) is 11.5 Å². The lowest BCUT2D eigenvalue weighted by molar-refractivity contribution is 0.269. The van der Waals surface area contributed by atoms with Crippen molar-refractivity contribution in [3.63, 3.8) is 0 Å². The Labute approximate surface area is 106 Å². The lowest BCUT2D eigenvalue weighted by atomic mass is 10.4. The maximum atomic E-state index is 8.76. The van der Waals surface area contributed by atoms with E-state index in [1.54, 1.807) is 29.3 Å². The molecule has 0 saturated carbocycles. The number of nitrogens with zero attached hydrogens (tertiary/aromatic N) is 3. The fourth-order valence-electron chi connectivity index (χ4n) is 1.26. The van der Waals surface area contributed by atoms with Gasteiger partial charge in [0.05, 0.1) is 25.5 Å². The van der Waals surface area contributed by atoms with Crippen LogP contribution >= 0.6 is 15.9 Å². The van der Waals surface area contributed by atoms with Crippen LogP contribution in [0.15, 0.2) is 29.1 Å². The topological polar surface area (TPSA) is 86.2 Å². The first kappa shape index (κ1) is 11.9. The normalized spacial score (nSPS) is 10.5. The summed E-state index contributed by atoms with van der Waals surface area (Å²) in [5, 5.41) is 12.8. The van der Waals surface area contributed by atoms with Crippen LogP contribution in [0.25, 0.3) is 0 Å². The molecule has 6 nitrogen and oxygen atoms in total. The highest BCUT2D eigenvalue weighted by atomic mass is 79.9. The Morgan fingerprint density at radius 3 is 3.06 bits per heavy atom. The molecule has 2 aromatic heterocycles. The molecule has 7 heteroatoms. The average Bonchev–Trinajstić information content (AvgIpc) is 2.72. The van der Waals surface area contributed by atoms with Gasteiger partial charge in [0.1, 0.15) is 0 Å². The zero-order valence-electron chi connectivity index (χ0n) is 8.88. The molecule has 0 saturated heterocycles. The van der Waals surface area contributed by atoms with Crippen molar-refractivity contribution < 1.29 is 9.84 Å². The van der Waals surface area contributed by atoms with Crippen LogP contribution in [-0.4, -0.2) is 26.5 Å². The maximum Gasteiger partial charge on any atom is 0.170 e. The first-order valence-corrected chi connectivity index (χ1v) is 5.70. The van der Waals surface area contributed by atoms with Crippen molar-refractivity contribution in [3.8, 4) is 11.5 Å². The fraction of sp³-hybridized carbons (Fsp3) is 0.200. The second-order valence-electron chi connectivity index (χ2n) is 3.30. The van der Waals surface area contributed by atoms with Crippen molar-refractivity contribution >= 4 is 21.7 Å².